The first-order valence-corrected chi connectivity index (χ1v) is 6.01. The van der Waals surface area contributed by atoms with E-state index in [0.29, 0.717) is 17.1 Å². The van der Waals surface area contributed by atoms with Gasteiger partial charge in [0, 0.05) is 5.56 Å². The summed E-state index contributed by atoms with van der Waals surface area (Å²) in [4.78, 5) is 25.5. The van der Waals surface area contributed by atoms with Crippen molar-refractivity contribution in [2.45, 2.75) is 33.2 Å². The predicted molar refractivity (Wildman–Crippen MR) is 69.2 cm³/mol. The van der Waals surface area contributed by atoms with Gasteiger partial charge < -0.3 is 9.73 Å². The van der Waals surface area contributed by atoms with Crippen molar-refractivity contribution in [3.63, 3.8) is 0 Å². The van der Waals surface area contributed by atoms with E-state index in [1.165, 1.54) is 0 Å². The minimum atomic E-state index is -1.08. The Morgan fingerprint density at radius 2 is 2.11 bits per heavy atom. The molecule has 2 heterocycles. The molecule has 1 aliphatic heterocycles. The Hall–Kier alpha value is -2.22. The number of rotatable bonds is 2. The van der Waals surface area contributed by atoms with E-state index in [4.69, 9.17) is 4.42 Å². The molecule has 1 fully saturated rings. The molecule has 1 aromatic rings. The number of urea groups is 1. The maximum atomic E-state index is 12.4. The lowest BCUT2D eigenvalue weighted by Crippen LogP contribution is -2.41. The summed E-state index contributed by atoms with van der Waals surface area (Å²) < 4.78 is 5.44. The zero-order valence-electron chi connectivity index (χ0n) is 11.5. The van der Waals surface area contributed by atoms with E-state index in [9.17, 15) is 9.59 Å². The molecule has 0 aromatic carbocycles. The molecule has 1 N–H and O–H groups in total. The highest BCUT2D eigenvalue weighted by molar-refractivity contribution is 6.07. The van der Waals surface area contributed by atoms with Gasteiger partial charge in [-0.3, -0.25) is 9.69 Å². The van der Waals surface area contributed by atoms with Crippen molar-refractivity contribution in [2.24, 2.45) is 0 Å². The van der Waals surface area contributed by atoms with Crippen LogP contribution in [0, 0.1) is 25.7 Å². The van der Waals surface area contributed by atoms with Crippen LogP contribution in [0.1, 0.15) is 30.9 Å². The van der Waals surface area contributed by atoms with Crippen molar-refractivity contribution in [1.29, 1.82) is 0 Å². The van der Waals surface area contributed by atoms with Gasteiger partial charge >= 0.3 is 6.03 Å². The first-order chi connectivity index (χ1) is 8.90. The number of amides is 3. The lowest BCUT2D eigenvalue weighted by atomic mass is 9.92. The molecule has 0 aliphatic carbocycles. The van der Waals surface area contributed by atoms with Crippen molar-refractivity contribution in [1.82, 2.24) is 10.2 Å². The van der Waals surface area contributed by atoms with Crippen molar-refractivity contribution >= 4 is 11.9 Å². The summed E-state index contributed by atoms with van der Waals surface area (Å²) in [6.07, 6.45) is 0. The monoisotopic (exact) mass is 260 g/mol. The minimum absolute atomic E-state index is 0.104. The maximum Gasteiger partial charge on any atom is 0.326 e. The van der Waals surface area contributed by atoms with Crippen LogP contribution in [-0.2, 0) is 10.3 Å². The lowest BCUT2D eigenvalue weighted by Gasteiger charge is -2.20. The normalized spacial score (nSPS) is 22.2. The number of nitrogens with one attached hydrogen (secondary N) is 1. The molecular weight excluding hydrogens is 244 g/mol. The standard InChI is InChI=1S/C14H16N2O3/c1-5-6-7-16-12(17)14(4,15-13(16)18)11-8-9(2)19-10(11)3/h8H,7H2,1-4H3,(H,15,18). The average molecular weight is 260 g/mol. The third-order valence-electron chi connectivity index (χ3n) is 3.27. The molecule has 2 rings (SSSR count). The third kappa shape index (κ3) is 1.99. The summed E-state index contributed by atoms with van der Waals surface area (Å²) in [5, 5.41) is 2.72. The zero-order chi connectivity index (χ0) is 14.2. The summed E-state index contributed by atoms with van der Waals surface area (Å²) in [5.74, 6) is 6.45. The molecule has 1 aromatic heterocycles. The van der Waals surface area contributed by atoms with Crippen LogP contribution in [0.2, 0.25) is 0 Å². The Balaban J connectivity index is 2.40. The van der Waals surface area contributed by atoms with E-state index in [1.807, 2.05) is 0 Å². The van der Waals surface area contributed by atoms with Crippen LogP contribution < -0.4 is 5.32 Å². The second-order valence-electron chi connectivity index (χ2n) is 4.70. The molecule has 5 nitrogen and oxygen atoms in total. The molecule has 1 saturated heterocycles. The molecule has 3 amide bonds. The number of hydrogen-bond acceptors (Lipinski definition) is 3. The van der Waals surface area contributed by atoms with Crippen molar-refractivity contribution < 1.29 is 14.0 Å². The molecule has 1 aliphatic rings. The highest BCUT2D eigenvalue weighted by Gasteiger charge is 2.50. The smallest absolute Gasteiger partial charge is 0.326 e. The van der Waals surface area contributed by atoms with Crippen LogP contribution in [0.25, 0.3) is 0 Å². The zero-order valence-corrected chi connectivity index (χ0v) is 11.5. The molecule has 0 radical (unpaired) electrons. The topological polar surface area (TPSA) is 62.6 Å². The molecular formula is C14H16N2O3. The van der Waals surface area contributed by atoms with Gasteiger partial charge in [-0.2, -0.15) is 0 Å². The average Bonchev–Trinajstić information content (AvgIpc) is 2.78. The van der Waals surface area contributed by atoms with Crippen LogP contribution in [0.15, 0.2) is 10.5 Å². The fourth-order valence-electron chi connectivity index (χ4n) is 2.31. The molecule has 5 heteroatoms. The third-order valence-corrected chi connectivity index (χ3v) is 3.27. The highest BCUT2D eigenvalue weighted by Crippen LogP contribution is 2.32. The van der Waals surface area contributed by atoms with E-state index in [0.717, 1.165) is 4.90 Å². The lowest BCUT2D eigenvalue weighted by molar-refractivity contribution is -0.130. The molecule has 19 heavy (non-hydrogen) atoms. The van der Waals surface area contributed by atoms with E-state index >= 15 is 0 Å². The maximum absolute atomic E-state index is 12.4. The van der Waals surface area contributed by atoms with Crippen LogP contribution in [0.4, 0.5) is 4.79 Å². The fourth-order valence-corrected chi connectivity index (χ4v) is 2.31. The van der Waals surface area contributed by atoms with Gasteiger partial charge in [0.15, 0.2) is 0 Å². The highest BCUT2D eigenvalue weighted by atomic mass is 16.3. The van der Waals surface area contributed by atoms with Crippen LogP contribution in [-0.4, -0.2) is 23.4 Å². The van der Waals surface area contributed by atoms with Gasteiger partial charge in [0.25, 0.3) is 5.91 Å². The van der Waals surface area contributed by atoms with Gasteiger partial charge in [-0.05, 0) is 33.8 Å². The van der Waals surface area contributed by atoms with Crippen molar-refractivity contribution in [3.05, 3.63) is 23.2 Å². The van der Waals surface area contributed by atoms with Gasteiger partial charge in [-0.15, -0.1) is 5.92 Å². The second-order valence-corrected chi connectivity index (χ2v) is 4.70. The fraction of sp³-hybridized carbons (Fsp3) is 0.429. The quantitative estimate of drug-likeness (QED) is 0.650. The van der Waals surface area contributed by atoms with Gasteiger partial charge in [-0.25, -0.2) is 4.79 Å². The number of carbonyl (C=O) groups is 2. The summed E-state index contributed by atoms with van der Waals surface area (Å²) in [5.41, 5.74) is -0.385. The number of nitrogens with zero attached hydrogens (tertiary/aromatic N) is 1. The second kappa shape index (κ2) is 4.47. The Morgan fingerprint density at radius 3 is 2.63 bits per heavy atom. The van der Waals surface area contributed by atoms with Crippen LogP contribution in [0.3, 0.4) is 0 Å². The number of aryl methyl sites for hydroxylation is 2. The minimum Gasteiger partial charge on any atom is -0.466 e. The van der Waals surface area contributed by atoms with Crippen molar-refractivity contribution in [3.8, 4) is 11.8 Å². The first-order valence-electron chi connectivity index (χ1n) is 6.01. The number of furan rings is 1. The predicted octanol–water partition coefficient (Wildman–Crippen LogP) is 1.69. The van der Waals surface area contributed by atoms with Crippen LogP contribution in [0.5, 0.6) is 0 Å². The Kier molecular flexibility index (Phi) is 3.11. The summed E-state index contributed by atoms with van der Waals surface area (Å²) >= 11 is 0. The SMILES string of the molecule is CC#CCN1C(=O)NC(C)(c2cc(C)oc2C)C1=O. The Labute approximate surface area is 112 Å². The number of hydrogen-bond donors (Lipinski definition) is 1. The summed E-state index contributed by atoms with van der Waals surface area (Å²) in [6, 6.07) is 1.36. The molecule has 100 valence electrons. The summed E-state index contributed by atoms with van der Waals surface area (Å²) in [6.45, 7) is 7.04. The van der Waals surface area contributed by atoms with E-state index in [1.54, 1.807) is 33.8 Å². The van der Waals surface area contributed by atoms with E-state index in [2.05, 4.69) is 17.2 Å². The Bertz CT molecular complexity index is 606. The molecule has 0 bridgehead atoms. The molecule has 0 saturated carbocycles. The van der Waals surface area contributed by atoms with Gasteiger partial charge in [0.1, 0.15) is 17.1 Å². The first kappa shape index (κ1) is 13.2. The molecule has 0 spiro atoms. The molecule has 1 atom stereocenters. The summed E-state index contributed by atoms with van der Waals surface area (Å²) in [7, 11) is 0. The number of imide groups is 1. The van der Waals surface area contributed by atoms with E-state index < -0.39 is 11.6 Å². The van der Waals surface area contributed by atoms with Gasteiger partial charge in [-0.1, -0.05) is 5.92 Å². The largest absolute Gasteiger partial charge is 0.466 e. The van der Waals surface area contributed by atoms with Crippen molar-refractivity contribution in [2.75, 3.05) is 6.54 Å². The number of carbonyl (C=O) groups excluding carboxylic acids is 2. The van der Waals surface area contributed by atoms with Gasteiger partial charge in [0.2, 0.25) is 0 Å². The Morgan fingerprint density at radius 1 is 1.42 bits per heavy atom. The molecule has 1 unspecified atom stereocenters. The van der Waals surface area contributed by atoms with E-state index in [-0.39, 0.29) is 12.5 Å². The van der Waals surface area contributed by atoms with Gasteiger partial charge in [0.05, 0.1) is 6.54 Å². The van der Waals surface area contributed by atoms with Crippen LogP contribution >= 0.6 is 0 Å².